The third-order valence-electron chi connectivity index (χ3n) is 3.12. The van der Waals surface area contributed by atoms with Gasteiger partial charge in [0.2, 0.25) is 0 Å². The molecule has 0 radical (unpaired) electrons. The van der Waals surface area contributed by atoms with E-state index in [0.29, 0.717) is 6.61 Å². The number of phenolic OH excluding ortho intramolecular Hbond substituents is 1. The van der Waals surface area contributed by atoms with Crippen LogP contribution in [-0.4, -0.2) is 23.4 Å². The van der Waals surface area contributed by atoms with Crippen molar-refractivity contribution in [2.75, 3.05) is 13.2 Å². The van der Waals surface area contributed by atoms with Crippen molar-refractivity contribution in [2.45, 2.75) is 12.8 Å². The normalized spacial score (nSPS) is 12.1. The van der Waals surface area contributed by atoms with E-state index in [1.807, 2.05) is 31.2 Å². The van der Waals surface area contributed by atoms with Gasteiger partial charge in [-0.25, -0.2) is 0 Å². The van der Waals surface area contributed by atoms with Crippen LogP contribution in [0.3, 0.4) is 0 Å². The van der Waals surface area contributed by atoms with Crippen LogP contribution in [-0.2, 0) is 0 Å². The Morgan fingerprint density at radius 2 is 1.74 bits per heavy atom. The molecule has 100 valence electrons. The average molecular weight is 258 g/mol. The highest BCUT2D eigenvalue weighted by molar-refractivity contribution is 5.32. The quantitative estimate of drug-likeness (QED) is 0.867. The lowest BCUT2D eigenvalue weighted by Gasteiger charge is -2.17. The first-order chi connectivity index (χ1) is 9.20. The molecule has 0 aliphatic carbocycles. The molecule has 0 aliphatic heterocycles. The van der Waals surface area contributed by atoms with Crippen molar-refractivity contribution >= 4 is 0 Å². The van der Waals surface area contributed by atoms with Crippen molar-refractivity contribution in [2.24, 2.45) is 0 Å². The summed E-state index contributed by atoms with van der Waals surface area (Å²) in [7, 11) is 0. The third-order valence-corrected chi connectivity index (χ3v) is 3.12. The Morgan fingerprint density at radius 1 is 1.05 bits per heavy atom. The molecule has 3 heteroatoms. The zero-order chi connectivity index (χ0) is 13.7. The van der Waals surface area contributed by atoms with Gasteiger partial charge < -0.3 is 14.9 Å². The first-order valence-corrected chi connectivity index (χ1v) is 6.29. The topological polar surface area (TPSA) is 49.7 Å². The summed E-state index contributed by atoms with van der Waals surface area (Å²) in [5, 5.41) is 18.7. The maximum absolute atomic E-state index is 9.45. The molecule has 0 heterocycles. The smallest absolute Gasteiger partial charge is 0.122 e. The van der Waals surface area contributed by atoms with E-state index < -0.39 is 0 Å². The maximum atomic E-state index is 9.45. The van der Waals surface area contributed by atoms with Crippen molar-refractivity contribution in [3.63, 3.8) is 0 Å². The molecule has 2 aromatic rings. The number of hydrogen-bond donors (Lipinski definition) is 2. The van der Waals surface area contributed by atoms with Crippen LogP contribution in [0.25, 0.3) is 0 Å². The fourth-order valence-electron chi connectivity index (χ4n) is 1.91. The van der Waals surface area contributed by atoms with Gasteiger partial charge in [-0.1, -0.05) is 30.3 Å². The van der Waals surface area contributed by atoms with Crippen LogP contribution in [0.2, 0.25) is 0 Å². The van der Waals surface area contributed by atoms with Crippen LogP contribution in [0, 0.1) is 6.92 Å². The number of aromatic hydroxyl groups is 1. The predicted octanol–water partition coefficient (Wildman–Crippen LogP) is 2.86. The Labute approximate surface area is 113 Å². The number of aliphatic hydroxyl groups is 1. The molecule has 1 unspecified atom stereocenters. The fraction of sp³-hybridized carbons (Fsp3) is 0.250. The fourth-order valence-corrected chi connectivity index (χ4v) is 1.91. The van der Waals surface area contributed by atoms with Crippen LogP contribution in [0.1, 0.15) is 17.0 Å². The van der Waals surface area contributed by atoms with Gasteiger partial charge in [0.1, 0.15) is 11.5 Å². The lowest BCUT2D eigenvalue weighted by Crippen LogP contribution is -2.14. The van der Waals surface area contributed by atoms with Crippen molar-refractivity contribution in [1.29, 1.82) is 0 Å². The van der Waals surface area contributed by atoms with E-state index in [2.05, 4.69) is 0 Å². The Morgan fingerprint density at radius 3 is 2.37 bits per heavy atom. The minimum absolute atomic E-state index is 0.0106. The molecular weight excluding hydrogens is 240 g/mol. The summed E-state index contributed by atoms with van der Waals surface area (Å²) in [5.41, 5.74) is 2.03. The van der Waals surface area contributed by atoms with Gasteiger partial charge in [0.15, 0.2) is 0 Å². The van der Waals surface area contributed by atoms with Crippen molar-refractivity contribution in [1.82, 2.24) is 0 Å². The lowest BCUT2D eigenvalue weighted by atomic mass is 10.0. The van der Waals surface area contributed by atoms with Crippen LogP contribution < -0.4 is 4.74 Å². The molecule has 0 bridgehead atoms. The van der Waals surface area contributed by atoms with Gasteiger partial charge in [0, 0.05) is 5.92 Å². The van der Waals surface area contributed by atoms with Crippen molar-refractivity contribution in [3.8, 4) is 11.5 Å². The molecule has 2 N–H and O–H groups in total. The second-order valence-electron chi connectivity index (χ2n) is 4.55. The number of ether oxygens (including phenoxy) is 1. The van der Waals surface area contributed by atoms with E-state index in [0.717, 1.165) is 16.9 Å². The molecule has 0 saturated heterocycles. The van der Waals surface area contributed by atoms with E-state index in [1.165, 1.54) is 0 Å². The van der Waals surface area contributed by atoms with Gasteiger partial charge in [0.05, 0.1) is 13.2 Å². The zero-order valence-corrected chi connectivity index (χ0v) is 10.9. The predicted molar refractivity (Wildman–Crippen MR) is 74.6 cm³/mol. The van der Waals surface area contributed by atoms with E-state index in [4.69, 9.17) is 4.74 Å². The maximum Gasteiger partial charge on any atom is 0.122 e. The monoisotopic (exact) mass is 258 g/mol. The largest absolute Gasteiger partial charge is 0.508 e. The Kier molecular flexibility index (Phi) is 4.42. The van der Waals surface area contributed by atoms with E-state index in [-0.39, 0.29) is 18.3 Å². The molecule has 0 fully saturated rings. The molecule has 0 amide bonds. The third kappa shape index (κ3) is 3.48. The average Bonchev–Trinajstić information content (AvgIpc) is 2.43. The zero-order valence-electron chi connectivity index (χ0n) is 10.9. The van der Waals surface area contributed by atoms with Crippen molar-refractivity contribution < 1.29 is 14.9 Å². The Balaban J connectivity index is 2.04. The highest BCUT2D eigenvalue weighted by Gasteiger charge is 2.12. The summed E-state index contributed by atoms with van der Waals surface area (Å²) < 4.78 is 5.75. The summed E-state index contributed by atoms with van der Waals surface area (Å²) in [6.07, 6.45) is 0. The highest BCUT2D eigenvalue weighted by atomic mass is 16.5. The summed E-state index contributed by atoms with van der Waals surface area (Å²) >= 11 is 0. The van der Waals surface area contributed by atoms with Gasteiger partial charge in [0.25, 0.3) is 0 Å². The van der Waals surface area contributed by atoms with Crippen LogP contribution >= 0.6 is 0 Å². The van der Waals surface area contributed by atoms with Gasteiger partial charge in [-0.15, -0.1) is 0 Å². The van der Waals surface area contributed by atoms with Gasteiger partial charge >= 0.3 is 0 Å². The molecule has 3 nitrogen and oxygen atoms in total. The molecule has 1 atom stereocenters. The second kappa shape index (κ2) is 6.25. The second-order valence-corrected chi connectivity index (χ2v) is 4.55. The first-order valence-electron chi connectivity index (χ1n) is 6.29. The number of aryl methyl sites for hydroxylation is 1. The summed E-state index contributed by atoms with van der Waals surface area (Å²) in [6.45, 7) is 2.41. The van der Waals surface area contributed by atoms with Gasteiger partial charge in [-0.05, 0) is 36.2 Å². The molecule has 0 aliphatic rings. The molecule has 0 spiro atoms. The standard InChI is InChI=1S/C16H18O3/c1-12-4-2-3-5-16(12)19-11-14(10-17)13-6-8-15(18)9-7-13/h2-9,14,17-18H,10-11H2,1H3. The minimum Gasteiger partial charge on any atom is -0.508 e. The van der Waals surface area contributed by atoms with E-state index in [1.54, 1.807) is 24.3 Å². The minimum atomic E-state index is -0.0970. The number of aliphatic hydroxyl groups excluding tert-OH is 1. The molecular formula is C16H18O3. The summed E-state index contributed by atoms with van der Waals surface area (Å²) in [5.74, 6) is 0.959. The molecule has 0 saturated carbocycles. The molecule has 2 aromatic carbocycles. The van der Waals surface area contributed by atoms with Crippen molar-refractivity contribution in [3.05, 3.63) is 59.7 Å². The summed E-state index contributed by atoms with van der Waals surface area (Å²) in [4.78, 5) is 0. The van der Waals surface area contributed by atoms with Crippen LogP contribution in [0.15, 0.2) is 48.5 Å². The first kappa shape index (κ1) is 13.4. The van der Waals surface area contributed by atoms with E-state index >= 15 is 0 Å². The number of rotatable bonds is 5. The SMILES string of the molecule is Cc1ccccc1OCC(CO)c1ccc(O)cc1. The van der Waals surface area contributed by atoms with Crippen LogP contribution in [0.4, 0.5) is 0 Å². The molecule has 19 heavy (non-hydrogen) atoms. The Hall–Kier alpha value is -2.00. The number of phenols is 1. The number of hydrogen-bond acceptors (Lipinski definition) is 3. The molecule has 2 rings (SSSR count). The van der Waals surface area contributed by atoms with Gasteiger partial charge in [-0.2, -0.15) is 0 Å². The Bertz CT molecular complexity index is 520. The number of para-hydroxylation sites is 1. The highest BCUT2D eigenvalue weighted by Crippen LogP contribution is 2.22. The molecule has 0 aromatic heterocycles. The lowest BCUT2D eigenvalue weighted by molar-refractivity contribution is 0.204. The van der Waals surface area contributed by atoms with E-state index in [9.17, 15) is 10.2 Å². The van der Waals surface area contributed by atoms with Crippen LogP contribution in [0.5, 0.6) is 11.5 Å². The summed E-state index contributed by atoms with van der Waals surface area (Å²) in [6, 6.07) is 14.6. The number of benzene rings is 2. The van der Waals surface area contributed by atoms with Gasteiger partial charge in [-0.3, -0.25) is 0 Å².